The summed E-state index contributed by atoms with van der Waals surface area (Å²) in [6, 6.07) is 0. The van der Waals surface area contributed by atoms with E-state index >= 15 is 0 Å². The number of ether oxygens (including phenoxy) is 1. The van der Waals surface area contributed by atoms with Crippen LogP contribution in [0.3, 0.4) is 0 Å². The topological polar surface area (TPSA) is 26.3 Å². The molecule has 17 heavy (non-hydrogen) atoms. The van der Waals surface area contributed by atoms with E-state index in [0.717, 1.165) is 6.42 Å². The van der Waals surface area contributed by atoms with Gasteiger partial charge in [0, 0.05) is 0 Å². The molecule has 2 unspecified atom stereocenters. The second kappa shape index (κ2) is 3.27. The molecule has 5 heteroatoms. The maximum atomic E-state index is 12.2. The SMILES string of the molecule is C=C1C2(OC(=O)C(F)(F)F)CCC(C2)C1(C)C. The molecule has 2 bridgehead atoms. The van der Waals surface area contributed by atoms with E-state index in [2.05, 4.69) is 6.58 Å². The highest BCUT2D eigenvalue weighted by molar-refractivity contribution is 5.76. The fraction of sp³-hybridized carbons (Fsp3) is 0.750. The molecule has 2 fully saturated rings. The van der Waals surface area contributed by atoms with Crippen LogP contribution in [0.2, 0.25) is 0 Å². The second-order valence-electron chi connectivity index (χ2n) is 5.52. The Morgan fingerprint density at radius 1 is 1.47 bits per heavy atom. The van der Waals surface area contributed by atoms with Crippen molar-refractivity contribution in [1.29, 1.82) is 0 Å². The van der Waals surface area contributed by atoms with Crippen molar-refractivity contribution in [3.63, 3.8) is 0 Å². The van der Waals surface area contributed by atoms with Crippen LogP contribution in [0.1, 0.15) is 33.1 Å². The first-order valence-corrected chi connectivity index (χ1v) is 5.60. The molecule has 0 amide bonds. The van der Waals surface area contributed by atoms with Crippen molar-refractivity contribution in [2.45, 2.75) is 44.9 Å². The first-order valence-electron chi connectivity index (χ1n) is 5.60. The lowest BCUT2D eigenvalue weighted by molar-refractivity contribution is -0.210. The van der Waals surface area contributed by atoms with Crippen LogP contribution in [0.25, 0.3) is 0 Å². The molecule has 0 spiro atoms. The molecule has 0 saturated heterocycles. The van der Waals surface area contributed by atoms with Gasteiger partial charge in [-0.25, -0.2) is 4.79 Å². The predicted molar refractivity (Wildman–Crippen MR) is 55.1 cm³/mol. The van der Waals surface area contributed by atoms with E-state index in [0.29, 0.717) is 18.4 Å². The summed E-state index contributed by atoms with van der Waals surface area (Å²) in [5, 5.41) is 0. The van der Waals surface area contributed by atoms with Gasteiger partial charge in [0.15, 0.2) is 0 Å². The number of rotatable bonds is 1. The zero-order valence-electron chi connectivity index (χ0n) is 9.86. The Morgan fingerprint density at radius 3 is 2.47 bits per heavy atom. The van der Waals surface area contributed by atoms with Gasteiger partial charge >= 0.3 is 12.1 Å². The molecule has 2 rings (SSSR count). The number of hydrogen-bond acceptors (Lipinski definition) is 2. The highest BCUT2D eigenvalue weighted by Gasteiger charge is 2.61. The van der Waals surface area contributed by atoms with E-state index in [4.69, 9.17) is 4.74 Å². The molecule has 0 aromatic rings. The summed E-state index contributed by atoms with van der Waals surface area (Å²) in [6.45, 7) is 7.75. The Balaban J connectivity index is 2.22. The number of carbonyl (C=O) groups excluding carboxylic acids is 1. The minimum Gasteiger partial charge on any atom is -0.448 e. The minimum absolute atomic E-state index is 0.246. The number of halogens is 3. The van der Waals surface area contributed by atoms with Crippen molar-refractivity contribution in [1.82, 2.24) is 0 Å². The normalized spacial score (nSPS) is 35.1. The standard InChI is InChI=1S/C12H15F3O2/c1-7-10(2,3)8-4-5-11(7,6-8)17-9(16)12(13,14)15/h8H,1,4-6H2,2-3H3. The molecule has 2 saturated carbocycles. The van der Waals surface area contributed by atoms with Crippen LogP contribution in [-0.2, 0) is 9.53 Å². The van der Waals surface area contributed by atoms with E-state index in [-0.39, 0.29) is 11.3 Å². The van der Waals surface area contributed by atoms with Crippen LogP contribution < -0.4 is 0 Å². The number of carbonyl (C=O) groups is 1. The van der Waals surface area contributed by atoms with Crippen LogP contribution in [0.15, 0.2) is 12.2 Å². The molecule has 0 heterocycles. The smallest absolute Gasteiger partial charge is 0.448 e. The Kier molecular flexibility index (Phi) is 2.39. The fourth-order valence-corrected chi connectivity index (χ4v) is 3.12. The van der Waals surface area contributed by atoms with Gasteiger partial charge in [0.05, 0.1) is 0 Å². The third-order valence-electron chi connectivity index (χ3n) is 4.34. The van der Waals surface area contributed by atoms with Gasteiger partial charge in [-0.05, 0) is 36.2 Å². The number of esters is 1. The summed E-state index contributed by atoms with van der Waals surface area (Å²) in [7, 11) is 0. The van der Waals surface area contributed by atoms with Crippen molar-refractivity contribution in [2.24, 2.45) is 11.3 Å². The summed E-state index contributed by atoms with van der Waals surface area (Å²) < 4.78 is 41.5. The van der Waals surface area contributed by atoms with Gasteiger partial charge in [-0.3, -0.25) is 0 Å². The zero-order valence-corrected chi connectivity index (χ0v) is 9.86. The molecule has 2 aliphatic rings. The Bertz CT molecular complexity index is 384. The van der Waals surface area contributed by atoms with E-state index in [1.54, 1.807) is 0 Å². The summed E-state index contributed by atoms with van der Waals surface area (Å²) >= 11 is 0. The predicted octanol–water partition coefficient (Wildman–Crippen LogP) is 3.23. The Hall–Kier alpha value is -1.00. The molecule has 0 N–H and O–H groups in total. The van der Waals surface area contributed by atoms with Gasteiger partial charge in [0.2, 0.25) is 0 Å². The van der Waals surface area contributed by atoms with Crippen LogP contribution in [0, 0.1) is 11.3 Å². The second-order valence-corrected chi connectivity index (χ2v) is 5.52. The van der Waals surface area contributed by atoms with Gasteiger partial charge in [-0.15, -0.1) is 0 Å². The lowest BCUT2D eigenvalue weighted by Crippen LogP contribution is -2.40. The van der Waals surface area contributed by atoms with Crippen molar-refractivity contribution in [2.75, 3.05) is 0 Å². The van der Waals surface area contributed by atoms with Gasteiger partial charge < -0.3 is 4.74 Å². The largest absolute Gasteiger partial charge is 0.490 e. The van der Waals surface area contributed by atoms with Crippen molar-refractivity contribution in [3.8, 4) is 0 Å². The van der Waals surface area contributed by atoms with E-state index < -0.39 is 17.7 Å². The highest BCUT2D eigenvalue weighted by atomic mass is 19.4. The maximum absolute atomic E-state index is 12.2. The van der Waals surface area contributed by atoms with Crippen LogP contribution in [0.5, 0.6) is 0 Å². The molecule has 0 aliphatic heterocycles. The number of fused-ring (bicyclic) bond motifs is 2. The van der Waals surface area contributed by atoms with E-state index in [1.165, 1.54) is 0 Å². The average molecular weight is 248 g/mol. The molecular weight excluding hydrogens is 233 g/mol. The van der Waals surface area contributed by atoms with Gasteiger partial charge in [0.1, 0.15) is 5.60 Å². The molecule has 2 nitrogen and oxygen atoms in total. The summed E-state index contributed by atoms with van der Waals surface area (Å²) in [4.78, 5) is 11.0. The first kappa shape index (κ1) is 12.5. The molecular formula is C12H15F3O2. The highest BCUT2D eigenvalue weighted by Crippen LogP contribution is 2.62. The molecule has 0 aromatic carbocycles. The number of alkyl halides is 3. The zero-order chi connectivity index (χ0) is 13.1. The molecule has 96 valence electrons. The monoisotopic (exact) mass is 248 g/mol. The van der Waals surface area contributed by atoms with Gasteiger partial charge in [-0.2, -0.15) is 13.2 Å². The van der Waals surface area contributed by atoms with Crippen LogP contribution in [-0.4, -0.2) is 17.7 Å². The quantitative estimate of drug-likeness (QED) is 0.526. The van der Waals surface area contributed by atoms with Crippen molar-refractivity contribution in [3.05, 3.63) is 12.2 Å². The van der Waals surface area contributed by atoms with Crippen LogP contribution in [0.4, 0.5) is 13.2 Å². The van der Waals surface area contributed by atoms with Crippen molar-refractivity contribution < 1.29 is 22.7 Å². The average Bonchev–Trinajstić information content (AvgIpc) is 2.66. The van der Waals surface area contributed by atoms with Gasteiger partial charge in [-0.1, -0.05) is 20.4 Å². The van der Waals surface area contributed by atoms with Crippen molar-refractivity contribution >= 4 is 5.97 Å². The van der Waals surface area contributed by atoms with E-state index in [1.807, 2.05) is 13.8 Å². The molecule has 0 radical (unpaired) electrons. The summed E-state index contributed by atoms with van der Waals surface area (Å²) in [5.74, 6) is -1.84. The summed E-state index contributed by atoms with van der Waals surface area (Å²) in [5.41, 5.74) is -0.705. The number of hydrogen-bond donors (Lipinski definition) is 0. The lowest BCUT2D eigenvalue weighted by Gasteiger charge is -2.37. The van der Waals surface area contributed by atoms with Gasteiger partial charge in [0.25, 0.3) is 0 Å². The maximum Gasteiger partial charge on any atom is 0.490 e. The third-order valence-corrected chi connectivity index (χ3v) is 4.34. The minimum atomic E-state index is -4.93. The molecule has 2 aliphatic carbocycles. The Labute approximate surface area is 97.8 Å². The summed E-state index contributed by atoms with van der Waals surface area (Å²) in [6.07, 6.45) is -3.21. The molecule has 2 atom stereocenters. The van der Waals surface area contributed by atoms with Crippen LogP contribution >= 0.6 is 0 Å². The van der Waals surface area contributed by atoms with E-state index in [9.17, 15) is 18.0 Å². The first-order chi connectivity index (χ1) is 7.59. The fourth-order valence-electron chi connectivity index (χ4n) is 3.12. The Morgan fingerprint density at radius 2 is 2.06 bits per heavy atom. The lowest BCUT2D eigenvalue weighted by atomic mass is 9.72. The third kappa shape index (κ3) is 1.67. The molecule has 0 aromatic heterocycles.